The molecule has 0 spiro atoms. The van der Waals surface area contributed by atoms with E-state index in [9.17, 15) is 13.6 Å². The normalized spacial score (nSPS) is 10.7. The number of ether oxygens (including phenoxy) is 1. The van der Waals surface area contributed by atoms with Crippen LogP contribution in [0.1, 0.15) is 16.2 Å². The number of aromatic nitrogens is 2. The molecule has 0 aliphatic rings. The first-order chi connectivity index (χ1) is 12.1. The van der Waals surface area contributed by atoms with Crippen LogP contribution in [0.4, 0.5) is 8.78 Å². The van der Waals surface area contributed by atoms with Crippen molar-refractivity contribution in [2.75, 3.05) is 0 Å². The van der Waals surface area contributed by atoms with Crippen molar-refractivity contribution in [2.45, 2.75) is 13.5 Å². The predicted octanol–water partition coefficient (Wildman–Crippen LogP) is 4.53. The van der Waals surface area contributed by atoms with Crippen LogP contribution < -0.4 is 4.74 Å². The number of aryl methyl sites for hydroxylation is 1. The third kappa shape index (κ3) is 3.68. The summed E-state index contributed by atoms with van der Waals surface area (Å²) in [5.41, 5.74) is 3.27. The van der Waals surface area contributed by atoms with Crippen LogP contribution in [0, 0.1) is 6.92 Å². The summed E-state index contributed by atoms with van der Waals surface area (Å²) in [7, 11) is 0. The van der Waals surface area contributed by atoms with Crippen molar-refractivity contribution in [2.24, 2.45) is 0 Å². The zero-order valence-corrected chi connectivity index (χ0v) is 13.3. The summed E-state index contributed by atoms with van der Waals surface area (Å²) in [5.74, 6) is 0.0825. The van der Waals surface area contributed by atoms with Gasteiger partial charge in [0.2, 0.25) is 0 Å². The number of aldehydes is 1. The zero-order valence-electron chi connectivity index (χ0n) is 13.3. The number of hydrogen-bond donors (Lipinski definition) is 0. The van der Waals surface area contributed by atoms with E-state index in [1.54, 1.807) is 19.1 Å². The molecule has 0 saturated carbocycles. The van der Waals surface area contributed by atoms with Crippen molar-refractivity contribution >= 4 is 6.29 Å². The van der Waals surface area contributed by atoms with Gasteiger partial charge in [-0.05, 0) is 30.7 Å². The molecule has 0 aliphatic heterocycles. The van der Waals surface area contributed by atoms with Gasteiger partial charge < -0.3 is 4.74 Å². The Hall–Kier alpha value is -3.15. The highest BCUT2D eigenvalue weighted by Gasteiger charge is 2.14. The Morgan fingerprint density at radius 2 is 1.84 bits per heavy atom. The quantitative estimate of drug-likeness (QED) is 0.640. The second-order valence-electron chi connectivity index (χ2n) is 5.30. The van der Waals surface area contributed by atoms with E-state index in [1.165, 1.54) is 12.3 Å². The molecule has 0 atom stereocenters. The Bertz CT molecular complexity index is 899. The van der Waals surface area contributed by atoms with E-state index in [1.807, 2.05) is 30.3 Å². The SMILES string of the molecule is Cc1nc(-c2ccc(OC(F)F)c(-c3ccccc3)c2)cnc1C=O. The largest absolute Gasteiger partial charge is 0.434 e. The summed E-state index contributed by atoms with van der Waals surface area (Å²) in [5, 5.41) is 0. The molecular formula is C19H14F2N2O2. The lowest BCUT2D eigenvalue weighted by Gasteiger charge is -2.13. The third-order valence-electron chi connectivity index (χ3n) is 3.67. The lowest BCUT2D eigenvalue weighted by atomic mass is 10.0. The molecule has 2 aromatic carbocycles. The van der Waals surface area contributed by atoms with E-state index in [0.717, 1.165) is 5.56 Å². The van der Waals surface area contributed by atoms with E-state index < -0.39 is 6.61 Å². The maximum atomic E-state index is 12.7. The number of carbonyl (C=O) groups is 1. The highest BCUT2D eigenvalue weighted by molar-refractivity contribution is 5.78. The lowest BCUT2D eigenvalue weighted by molar-refractivity contribution is -0.0494. The van der Waals surface area contributed by atoms with Gasteiger partial charge in [-0.1, -0.05) is 30.3 Å². The first-order valence-electron chi connectivity index (χ1n) is 7.52. The molecule has 0 N–H and O–H groups in total. The van der Waals surface area contributed by atoms with Crippen LogP contribution in [-0.4, -0.2) is 22.9 Å². The zero-order chi connectivity index (χ0) is 17.8. The molecule has 3 rings (SSSR count). The number of benzene rings is 2. The second kappa shape index (κ2) is 7.17. The Morgan fingerprint density at radius 1 is 1.08 bits per heavy atom. The molecule has 0 fully saturated rings. The van der Waals surface area contributed by atoms with Gasteiger partial charge in [0.05, 0.1) is 17.6 Å². The van der Waals surface area contributed by atoms with Gasteiger partial charge in [-0.2, -0.15) is 8.78 Å². The lowest BCUT2D eigenvalue weighted by Crippen LogP contribution is -2.03. The Kier molecular flexibility index (Phi) is 4.79. The number of carbonyl (C=O) groups excluding carboxylic acids is 1. The minimum absolute atomic E-state index is 0.0825. The molecule has 0 bridgehead atoms. The molecule has 3 aromatic rings. The molecule has 4 nitrogen and oxygen atoms in total. The van der Waals surface area contributed by atoms with Crippen LogP contribution in [0.2, 0.25) is 0 Å². The first-order valence-corrected chi connectivity index (χ1v) is 7.52. The monoisotopic (exact) mass is 340 g/mol. The van der Waals surface area contributed by atoms with Gasteiger partial charge in [0.25, 0.3) is 0 Å². The molecule has 0 unspecified atom stereocenters. The van der Waals surface area contributed by atoms with Crippen molar-refractivity contribution < 1.29 is 18.3 Å². The van der Waals surface area contributed by atoms with E-state index in [4.69, 9.17) is 0 Å². The Morgan fingerprint density at radius 3 is 2.48 bits per heavy atom. The summed E-state index contributed by atoms with van der Waals surface area (Å²) in [6.07, 6.45) is 2.12. The molecule has 0 saturated heterocycles. The molecule has 0 radical (unpaired) electrons. The van der Waals surface area contributed by atoms with E-state index in [0.29, 0.717) is 28.8 Å². The maximum Gasteiger partial charge on any atom is 0.387 e. The Balaban J connectivity index is 2.10. The smallest absolute Gasteiger partial charge is 0.387 e. The number of alkyl halides is 2. The molecule has 0 aliphatic carbocycles. The van der Waals surface area contributed by atoms with E-state index in [-0.39, 0.29) is 11.4 Å². The molecule has 25 heavy (non-hydrogen) atoms. The molecular weight excluding hydrogens is 326 g/mol. The van der Waals surface area contributed by atoms with Crippen LogP contribution in [0.5, 0.6) is 5.75 Å². The van der Waals surface area contributed by atoms with Crippen molar-refractivity contribution in [3.63, 3.8) is 0 Å². The third-order valence-corrected chi connectivity index (χ3v) is 3.67. The minimum Gasteiger partial charge on any atom is -0.434 e. The van der Waals surface area contributed by atoms with Crippen LogP contribution in [-0.2, 0) is 0 Å². The highest BCUT2D eigenvalue weighted by atomic mass is 19.3. The van der Waals surface area contributed by atoms with Crippen molar-refractivity contribution in [1.29, 1.82) is 0 Å². The number of rotatable bonds is 5. The van der Waals surface area contributed by atoms with Crippen LogP contribution in [0.25, 0.3) is 22.4 Å². The van der Waals surface area contributed by atoms with Gasteiger partial charge in [0, 0.05) is 11.1 Å². The highest BCUT2D eigenvalue weighted by Crippen LogP contribution is 2.34. The Labute approximate surface area is 143 Å². The first kappa shape index (κ1) is 16.7. The summed E-state index contributed by atoms with van der Waals surface area (Å²) >= 11 is 0. The van der Waals surface area contributed by atoms with Gasteiger partial charge >= 0.3 is 6.61 Å². The molecule has 126 valence electrons. The molecule has 0 amide bonds. The fourth-order valence-electron chi connectivity index (χ4n) is 2.48. The predicted molar refractivity (Wildman–Crippen MR) is 89.7 cm³/mol. The number of halogens is 2. The fourth-order valence-corrected chi connectivity index (χ4v) is 2.48. The maximum absolute atomic E-state index is 12.7. The second-order valence-corrected chi connectivity index (χ2v) is 5.30. The van der Waals surface area contributed by atoms with Gasteiger partial charge in [-0.25, -0.2) is 9.97 Å². The summed E-state index contributed by atoms with van der Waals surface area (Å²) < 4.78 is 30.0. The number of nitrogens with zero attached hydrogens (tertiary/aromatic N) is 2. The topological polar surface area (TPSA) is 52.1 Å². The summed E-state index contributed by atoms with van der Waals surface area (Å²) in [6, 6.07) is 13.9. The number of hydrogen-bond acceptors (Lipinski definition) is 4. The molecule has 1 aromatic heterocycles. The average molecular weight is 340 g/mol. The van der Waals surface area contributed by atoms with Crippen molar-refractivity contribution in [3.8, 4) is 28.1 Å². The van der Waals surface area contributed by atoms with E-state index in [2.05, 4.69) is 14.7 Å². The standard InChI is InChI=1S/C19H14F2N2O2/c1-12-17(11-24)22-10-16(23-12)14-7-8-18(25-19(20)21)15(9-14)13-5-3-2-4-6-13/h2-11,19H,1H3. The summed E-state index contributed by atoms with van der Waals surface area (Å²) in [4.78, 5) is 19.3. The fraction of sp³-hybridized carbons (Fsp3) is 0.105. The van der Waals surface area contributed by atoms with Crippen molar-refractivity contribution in [3.05, 3.63) is 66.1 Å². The average Bonchev–Trinajstić information content (AvgIpc) is 2.62. The van der Waals surface area contributed by atoms with Gasteiger partial charge in [-0.3, -0.25) is 4.79 Å². The minimum atomic E-state index is -2.91. The van der Waals surface area contributed by atoms with E-state index >= 15 is 0 Å². The summed E-state index contributed by atoms with van der Waals surface area (Å²) in [6.45, 7) is -1.23. The molecule has 6 heteroatoms. The van der Waals surface area contributed by atoms with Crippen LogP contribution in [0.3, 0.4) is 0 Å². The van der Waals surface area contributed by atoms with Gasteiger partial charge in [0.1, 0.15) is 11.4 Å². The van der Waals surface area contributed by atoms with Crippen LogP contribution in [0.15, 0.2) is 54.7 Å². The van der Waals surface area contributed by atoms with Gasteiger partial charge in [-0.15, -0.1) is 0 Å². The van der Waals surface area contributed by atoms with Crippen LogP contribution >= 0.6 is 0 Å². The van der Waals surface area contributed by atoms with Crippen molar-refractivity contribution in [1.82, 2.24) is 9.97 Å². The molecule has 1 heterocycles. The van der Waals surface area contributed by atoms with Gasteiger partial charge in [0.15, 0.2) is 6.29 Å².